The molecule has 1 N–H and O–H groups in total. The zero-order chi connectivity index (χ0) is 12.3. The van der Waals surface area contributed by atoms with Gasteiger partial charge in [-0.1, -0.05) is 0 Å². The van der Waals surface area contributed by atoms with Crippen LogP contribution in [0.3, 0.4) is 0 Å². The number of nitrogens with zero attached hydrogens (tertiary/aromatic N) is 2. The fourth-order valence-corrected chi connectivity index (χ4v) is 2.48. The lowest BCUT2D eigenvalue weighted by Gasteiger charge is -2.23. The van der Waals surface area contributed by atoms with Crippen LogP contribution in [0.1, 0.15) is 43.0 Å². The molecule has 1 aromatic heterocycles. The van der Waals surface area contributed by atoms with Crippen LogP contribution < -0.4 is 5.32 Å². The lowest BCUT2D eigenvalue weighted by molar-refractivity contribution is -0.121. The van der Waals surface area contributed by atoms with Crippen LogP contribution in [0.4, 0.5) is 0 Å². The number of fused-ring (bicyclic) bond motifs is 1. The SMILES string of the molecule is Cn1ncc2c1CCCC2NC(=O)CCCCl. The van der Waals surface area contributed by atoms with Crippen molar-refractivity contribution in [2.45, 2.75) is 38.1 Å². The molecular formula is C12H18ClN3O. The second-order valence-electron chi connectivity index (χ2n) is 4.48. The van der Waals surface area contributed by atoms with Crippen LogP contribution in [-0.4, -0.2) is 21.6 Å². The van der Waals surface area contributed by atoms with Crippen LogP contribution in [0.2, 0.25) is 0 Å². The van der Waals surface area contributed by atoms with Crippen LogP contribution in [0, 0.1) is 0 Å². The quantitative estimate of drug-likeness (QED) is 0.836. The Morgan fingerprint density at radius 2 is 2.53 bits per heavy atom. The molecule has 17 heavy (non-hydrogen) atoms. The minimum Gasteiger partial charge on any atom is -0.349 e. The van der Waals surface area contributed by atoms with Gasteiger partial charge in [0.2, 0.25) is 5.91 Å². The third-order valence-corrected chi connectivity index (χ3v) is 3.52. The maximum Gasteiger partial charge on any atom is 0.220 e. The van der Waals surface area contributed by atoms with Gasteiger partial charge in [-0.2, -0.15) is 5.10 Å². The maximum absolute atomic E-state index is 11.7. The van der Waals surface area contributed by atoms with Gasteiger partial charge in [0, 0.05) is 30.6 Å². The minimum absolute atomic E-state index is 0.0901. The molecule has 1 amide bonds. The summed E-state index contributed by atoms with van der Waals surface area (Å²) >= 11 is 5.58. The van der Waals surface area contributed by atoms with Gasteiger partial charge in [-0.25, -0.2) is 0 Å². The van der Waals surface area contributed by atoms with Gasteiger partial charge in [0.1, 0.15) is 0 Å². The topological polar surface area (TPSA) is 46.9 Å². The predicted octanol–water partition coefficient (Wildman–Crippen LogP) is 1.93. The second-order valence-corrected chi connectivity index (χ2v) is 4.85. The van der Waals surface area contributed by atoms with Crippen molar-refractivity contribution >= 4 is 17.5 Å². The van der Waals surface area contributed by atoms with Gasteiger partial charge in [-0.3, -0.25) is 9.48 Å². The number of halogens is 1. The molecule has 0 bridgehead atoms. The number of carbonyl (C=O) groups excluding carboxylic acids is 1. The maximum atomic E-state index is 11.7. The first kappa shape index (κ1) is 12.4. The largest absolute Gasteiger partial charge is 0.349 e. The van der Waals surface area contributed by atoms with Crippen molar-refractivity contribution in [1.29, 1.82) is 0 Å². The summed E-state index contributed by atoms with van der Waals surface area (Å²) < 4.78 is 1.91. The summed E-state index contributed by atoms with van der Waals surface area (Å²) in [7, 11) is 1.95. The Morgan fingerprint density at radius 3 is 3.29 bits per heavy atom. The van der Waals surface area contributed by atoms with Gasteiger partial charge in [0.25, 0.3) is 0 Å². The second kappa shape index (κ2) is 5.54. The number of amides is 1. The van der Waals surface area contributed by atoms with Crippen molar-refractivity contribution < 1.29 is 4.79 Å². The van der Waals surface area contributed by atoms with E-state index < -0.39 is 0 Å². The zero-order valence-electron chi connectivity index (χ0n) is 10.1. The van der Waals surface area contributed by atoms with E-state index in [-0.39, 0.29) is 11.9 Å². The summed E-state index contributed by atoms with van der Waals surface area (Å²) in [5, 5.41) is 7.33. The van der Waals surface area contributed by atoms with E-state index in [1.165, 1.54) is 11.3 Å². The average Bonchev–Trinajstić information content (AvgIpc) is 2.70. The van der Waals surface area contributed by atoms with Crippen LogP contribution in [0.25, 0.3) is 0 Å². The highest BCUT2D eigenvalue weighted by Gasteiger charge is 2.24. The Bertz CT molecular complexity index is 402. The first-order valence-corrected chi connectivity index (χ1v) is 6.62. The Labute approximate surface area is 106 Å². The number of hydrogen-bond donors (Lipinski definition) is 1. The van der Waals surface area contributed by atoms with Crippen molar-refractivity contribution in [3.63, 3.8) is 0 Å². The summed E-state index contributed by atoms with van der Waals surface area (Å²) in [5.74, 6) is 0.628. The summed E-state index contributed by atoms with van der Waals surface area (Å²) in [5.41, 5.74) is 2.43. The van der Waals surface area contributed by atoms with E-state index in [0.29, 0.717) is 12.3 Å². The van der Waals surface area contributed by atoms with Gasteiger partial charge in [0.05, 0.1) is 12.2 Å². The number of carbonyl (C=O) groups is 1. The summed E-state index contributed by atoms with van der Waals surface area (Å²) in [4.78, 5) is 11.7. The molecule has 1 aliphatic carbocycles. The third kappa shape index (κ3) is 2.80. The summed E-state index contributed by atoms with van der Waals surface area (Å²) in [6.07, 6.45) is 6.29. The monoisotopic (exact) mass is 255 g/mol. The Hall–Kier alpha value is -1.03. The standard InChI is InChI=1S/C12H18ClN3O/c1-16-11-5-2-4-10(9(11)8-14-16)15-12(17)6-3-7-13/h8,10H,2-7H2,1H3,(H,15,17). The molecule has 4 nitrogen and oxygen atoms in total. The molecule has 1 aliphatic rings. The number of alkyl halides is 1. The van der Waals surface area contributed by atoms with Crippen molar-refractivity contribution in [1.82, 2.24) is 15.1 Å². The molecule has 0 saturated carbocycles. The van der Waals surface area contributed by atoms with E-state index >= 15 is 0 Å². The lowest BCUT2D eigenvalue weighted by atomic mass is 9.93. The van der Waals surface area contributed by atoms with Crippen molar-refractivity contribution in [2.24, 2.45) is 7.05 Å². The predicted molar refractivity (Wildman–Crippen MR) is 67.0 cm³/mol. The number of nitrogens with one attached hydrogen (secondary N) is 1. The zero-order valence-corrected chi connectivity index (χ0v) is 10.8. The van der Waals surface area contributed by atoms with E-state index in [4.69, 9.17) is 11.6 Å². The molecule has 2 rings (SSSR count). The average molecular weight is 256 g/mol. The molecule has 0 aromatic carbocycles. The summed E-state index contributed by atoms with van der Waals surface area (Å²) in [6, 6.07) is 0.135. The van der Waals surface area contributed by atoms with E-state index in [9.17, 15) is 4.79 Å². The normalized spacial score (nSPS) is 18.8. The first-order valence-electron chi connectivity index (χ1n) is 6.08. The first-order chi connectivity index (χ1) is 8.22. The molecule has 0 radical (unpaired) electrons. The molecule has 94 valence electrons. The highest BCUT2D eigenvalue weighted by molar-refractivity contribution is 6.17. The third-order valence-electron chi connectivity index (χ3n) is 3.25. The fourth-order valence-electron chi connectivity index (χ4n) is 2.35. The van der Waals surface area contributed by atoms with Gasteiger partial charge >= 0.3 is 0 Å². The van der Waals surface area contributed by atoms with E-state index in [1.54, 1.807) is 0 Å². The van der Waals surface area contributed by atoms with Crippen LogP contribution >= 0.6 is 11.6 Å². The molecule has 1 aromatic rings. The van der Waals surface area contributed by atoms with Crippen molar-refractivity contribution in [2.75, 3.05) is 5.88 Å². The molecule has 0 fully saturated rings. The molecule has 1 unspecified atom stereocenters. The highest BCUT2D eigenvalue weighted by Crippen LogP contribution is 2.29. The molecule has 1 heterocycles. The Balaban J connectivity index is 2.01. The smallest absolute Gasteiger partial charge is 0.220 e. The van der Waals surface area contributed by atoms with Gasteiger partial charge < -0.3 is 5.32 Å². The number of hydrogen-bond acceptors (Lipinski definition) is 2. The van der Waals surface area contributed by atoms with Crippen molar-refractivity contribution in [3.8, 4) is 0 Å². The van der Waals surface area contributed by atoms with E-state index in [2.05, 4.69) is 10.4 Å². The van der Waals surface area contributed by atoms with E-state index in [0.717, 1.165) is 25.7 Å². The van der Waals surface area contributed by atoms with Gasteiger partial charge in [-0.05, 0) is 25.7 Å². The minimum atomic E-state index is 0.0901. The van der Waals surface area contributed by atoms with Crippen LogP contribution in [0.15, 0.2) is 6.20 Å². The Kier molecular flexibility index (Phi) is 4.05. The molecular weight excluding hydrogens is 238 g/mol. The molecule has 1 atom stereocenters. The molecule has 0 aliphatic heterocycles. The van der Waals surface area contributed by atoms with E-state index in [1.807, 2.05) is 17.9 Å². The van der Waals surface area contributed by atoms with Gasteiger partial charge in [-0.15, -0.1) is 11.6 Å². The van der Waals surface area contributed by atoms with Crippen LogP contribution in [0.5, 0.6) is 0 Å². The number of aryl methyl sites for hydroxylation is 1. The number of aromatic nitrogens is 2. The highest BCUT2D eigenvalue weighted by atomic mass is 35.5. The molecule has 5 heteroatoms. The Morgan fingerprint density at radius 1 is 1.71 bits per heavy atom. The summed E-state index contributed by atoms with van der Waals surface area (Å²) in [6.45, 7) is 0. The van der Waals surface area contributed by atoms with Crippen LogP contribution in [-0.2, 0) is 18.3 Å². The van der Waals surface area contributed by atoms with Crippen molar-refractivity contribution in [3.05, 3.63) is 17.5 Å². The molecule has 0 spiro atoms. The number of rotatable bonds is 4. The van der Waals surface area contributed by atoms with Gasteiger partial charge in [0.15, 0.2) is 0 Å². The molecule has 0 saturated heterocycles. The lowest BCUT2D eigenvalue weighted by Crippen LogP contribution is -2.30. The fraction of sp³-hybridized carbons (Fsp3) is 0.667.